The third-order valence-electron chi connectivity index (χ3n) is 2.65. The van der Waals surface area contributed by atoms with Gasteiger partial charge in [-0.2, -0.15) is 0 Å². The first kappa shape index (κ1) is 14.6. The number of aromatic hydroxyl groups is 1. The van der Waals surface area contributed by atoms with Crippen molar-refractivity contribution in [1.29, 1.82) is 0 Å². The predicted octanol–water partition coefficient (Wildman–Crippen LogP) is 2.76. The Morgan fingerprint density at radius 2 is 1.90 bits per heavy atom. The topological polar surface area (TPSA) is 66.3 Å². The number of nitrogens with zero attached hydrogens (tertiary/aromatic N) is 3. The zero-order valence-corrected chi connectivity index (χ0v) is 12.1. The minimum absolute atomic E-state index is 0.0111. The molecule has 20 heavy (non-hydrogen) atoms. The molecule has 0 saturated heterocycles. The number of aromatic nitrogens is 2. The lowest BCUT2D eigenvalue weighted by Crippen LogP contribution is -2.26. The molecule has 1 N–H and O–H groups in total. The molecular weight excluding hydrogens is 301 g/mol. The summed E-state index contributed by atoms with van der Waals surface area (Å²) < 4.78 is 0. The van der Waals surface area contributed by atoms with Gasteiger partial charge in [-0.1, -0.05) is 35.3 Å². The maximum absolute atomic E-state index is 12.3. The Balaban J connectivity index is 2.16. The summed E-state index contributed by atoms with van der Waals surface area (Å²) in [7, 11) is 1.64. The summed E-state index contributed by atoms with van der Waals surface area (Å²) in [5.41, 5.74) is 1.08. The number of phenolic OH excluding ortho intramolecular Hbond substituents is 1. The number of hydrogen-bond acceptors (Lipinski definition) is 4. The van der Waals surface area contributed by atoms with Crippen molar-refractivity contribution in [3.63, 3.8) is 0 Å². The molecule has 0 aliphatic rings. The highest BCUT2D eigenvalue weighted by Gasteiger charge is 2.17. The van der Waals surface area contributed by atoms with Gasteiger partial charge in [-0.25, -0.2) is 0 Å². The molecule has 0 atom stereocenters. The van der Waals surface area contributed by atoms with Crippen molar-refractivity contribution in [3.8, 4) is 5.75 Å². The minimum Gasteiger partial charge on any atom is -0.508 e. The van der Waals surface area contributed by atoms with Gasteiger partial charge in [-0.3, -0.25) is 4.79 Å². The number of amides is 1. The maximum atomic E-state index is 12.3. The molecule has 7 heteroatoms. The molecule has 5 nitrogen and oxygen atoms in total. The van der Waals surface area contributed by atoms with E-state index in [1.807, 2.05) is 0 Å². The van der Waals surface area contributed by atoms with Crippen LogP contribution in [0.2, 0.25) is 10.3 Å². The Morgan fingerprint density at radius 1 is 1.25 bits per heavy atom. The summed E-state index contributed by atoms with van der Waals surface area (Å²) in [4.78, 5) is 13.7. The van der Waals surface area contributed by atoms with E-state index in [1.54, 1.807) is 31.3 Å². The van der Waals surface area contributed by atoms with Crippen molar-refractivity contribution in [2.24, 2.45) is 0 Å². The smallest absolute Gasteiger partial charge is 0.257 e. The van der Waals surface area contributed by atoms with Gasteiger partial charge in [0, 0.05) is 13.6 Å². The number of benzene rings is 1. The molecule has 0 saturated carbocycles. The van der Waals surface area contributed by atoms with E-state index in [9.17, 15) is 9.90 Å². The standard InChI is InChI=1S/C13H11Cl2N3O2/c1-18(7-8-2-4-9(19)5-3-8)13(20)10-6-11(14)16-17-12(10)15/h2-6,19H,7H2,1H3. The van der Waals surface area contributed by atoms with Crippen LogP contribution in [0.3, 0.4) is 0 Å². The second-order valence-corrected chi connectivity index (χ2v) is 4.94. The summed E-state index contributed by atoms with van der Waals surface area (Å²) >= 11 is 11.6. The monoisotopic (exact) mass is 311 g/mol. The molecule has 104 valence electrons. The Labute approximate surface area is 125 Å². The second-order valence-electron chi connectivity index (χ2n) is 4.20. The molecule has 1 aromatic carbocycles. The average molecular weight is 312 g/mol. The molecule has 0 spiro atoms. The molecule has 1 heterocycles. The van der Waals surface area contributed by atoms with Crippen molar-refractivity contribution in [1.82, 2.24) is 15.1 Å². The van der Waals surface area contributed by atoms with Crippen LogP contribution in [0.25, 0.3) is 0 Å². The summed E-state index contributed by atoms with van der Waals surface area (Å²) in [6.07, 6.45) is 0. The van der Waals surface area contributed by atoms with Gasteiger partial charge in [0.15, 0.2) is 10.3 Å². The van der Waals surface area contributed by atoms with E-state index in [0.29, 0.717) is 6.54 Å². The van der Waals surface area contributed by atoms with Gasteiger partial charge < -0.3 is 10.0 Å². The lowest BCUT2D eigenvalue weighted by molar-refractivity contribution is 0.0784. The van der Waals surface area contributed by atoms with Crippen LogP contribution in [0.4, 0.5) is 0 Å². The summed E-state index contributed by atoms with van der Waals surface area (Å²) in [6, 6.07) is 7.97. The van der Waals surface area contributed by atoms with Crippen LogP contribution < -0.4 is 0 Å². The van der Waals surface area contributed by atoms with E-state index in [-0.39, 0.29) is 27.5 Å². The number of carbonyl (C=O) groups is 1. The first-order valence-corrected chi connectivity index (χ1v) is 6.45. The normalized spacial score (nSPS) is 10.3. The second kappa shape index (κ2) is 6.07. The zero-order valence-electron chi connectivity index (χ0n) is 10.5. The summed E-state index contributed by atoms with van der Waals surface area (Å²) in [5.74, 6) is -0.129. The molecule has 0 bridgehead atoms. The van der Waals surface area contributed by atoms with Crippen molar-refractivity contribution in [3.05, 3.63) is 51.8 Å². The number of hydrogen-bond donors (Lipinski definition) is 1. The molecule has 1 amide bonds. The highest BCUT2D eigenvalue weighted by atomic mass is 35.5. The van der Waals surface area contributed by atoms with E-state index in [2.05, 4.69) is 10.2 Å². The molecule has 0 aliphatic heterocycles. The first-order chi connectivity index (χ1) is 9.47. The quantitative estimate of drug-likeness (QED) is 0.946. The van der Waals surface area contributed by atoms with Crippen molar-refractivity contribution >= 4 is 29.1 Å². The van der Waals surface area contributed by atoms with E-state index in [0.717, 1.165) is 5.56 Å². The largest absolute Gasteiger partial charge is 0.508 e. The Kier molecular flexibility index (Phi) is 4.42. The number of rotatable bonds is 3. The van der Waals surface area contributed by atoms with Crippen LogP contribution in [0, 0.1) is 0 Å². The average Bonchev–Trinajstić information content (AvgIpc) is 2.43. The van der Waals surface area contributed by atoms with Crippen LogP contribution in [0.15, 0.2) is 30.3 Å². The van der Waals surface area contributed by atoms with Crippen LogP contribution in [0.5, 0.6) is 5.75 Å². The highest BCUT2D eigenvalue weighted by molar-refractivity contribution is 6.34. The van der Waals surface area contributed by atoms with E-state index >= 15 is 0 Å². The van der Waals surface area contributed by atoms with Crippen molar-refractivity contribution < 1.29 is 9.90 Å². The van der Waals surface area contributed by atoms with Crippen LogP contribution in [-0.2, 0) is 6.54 Å². The molecular formula is C13H11Cl2N3O2. The van der Waals surface area contributed by atoms with Gasteiger partial charge in [0.25, 0.3) is 5.91 Å². The first-order valence-electron chi connectivity index (χ1n) is 5.69. The van der Waals surface area contributed by atoms with Gasteiger partial charge in [0.05, 0.1) is 5.56 Å². The summed E-state index contributed by atoms with van der Waals surface area (Å²) in [5, 5.41) is 16.5. The molecule has 0 aliphatic carbocycles. The number of carbonyl (C=O) groups excluding carboxylic acids is 1. The van der Waals surface area contributed by atoms with Crippen LogP contribution >= 0.6 is 23.2 Å². The molecule has 0 fully saturated rings. The van der Waals surface area contributed by atoms with Crippen molar-refractivity contribution in [2.45, 2.75) is 6.54 Å². The third kappa shape index (κ3) is 3.37. The van der Waals surface area contributed by atoms with Gasteiger partial charge >= 0.3 is 0 Å². The Bertz CT molecular complexity index is 632. The fourth-order valence-corrected chi connectivity index (χ4v) is 1.98. The highest BCUT2D eigenvalue weighted by Crippen LogP contribution is 2.18. The fourth-order valence-electron chi connectivity index (χ4n) is 1.66. The van der Waals surface area contributed by atoms with E-state index in [1.165, 1.54) is 11.0 Å². The molecule has 1 aromatic heterocycles. The third-order valence-corrected chi connectivity index (χ3v) is 3.12. The number of phenols is 1. The molecule has 0 unspecified atom stereocenters. The lowest BCUT2D eigenvalue weighted by atomic mass is 10.2. The zero-order chi connectivity index (χ0) is 14.7. The van der Waals surface area contributed by atoms with Crippen LogP contribution in [-0.4, -0.2) is 33.2 Å². The fraction of sp³-hybridized carbons (Fsp3) is 0.154. The summed E-state index contributed by atoms with van der Waals surface area (Å²) in [6.45, 7) is 0.370. The van der Waals surface area contributed by atoms with Crippen molar-refractivity contribution in [2.75, 3.05) is 7.05 Å². The molecule has 2 rings (SSSR count). The Hall–Kier alpha value is -1.85. The molecule has 0 radical (unpaired) electrons. The number of halogens is 2. The SMILES string of the molecule is CN(Cc1ccc(O)cc1)C(=O)c1cc(Cl)nnc1Cl. The van der Waals surface area contributed by atoms with E-state index in [4.69, 9.17) is 23.2 Å². The lowest BCUT2D eigenvalue weighted by Gasteiger charge is -2.17. The van der Waals surface area contributed by atoms with Gasteiger partial charge in [0.2, 0.25) is 0 Å². The molecule has 2 aromatic rings. The predicted molar refractivity (Wildman–Crippen MR) is 76.0 cm³/mol. The van der Waals surface area contributed by atoms with Gasteiger partial charge in [0.1, 0.15) is 5.75 Å². The minimum atomic E-state index is -0.306. The Morgan fingerprint density at radius 3 is 2.55 bits per heavy atom. The van der Waals surface area contributed by atoms with E-state index < -0.39 is 0 Å². The van der Waals surface area contributed by atoms with Gasteiger partial charge in [-0.15, -0.1) is 10.2 Å². The van der Waals surface area contributed by atoms with Gasteiger partial charge in [-0.05, 0) is 23.8 Å². The van der Waals surface area contributed by atoms with Crippen LogP contribution in [0.1, 0.15) is 15.9 Å². The maximum Gasteiger partial charge on any atom is 0.257 e.